The molecule has 0 atom stereocenters. The van der Waals surface area contributed by atoms with Crippen LogP contribution in [-0.4, -0.2) is 25.2 Å². The summed E-state index contributed by atoms with van der Waals surface area (Å²) in [4.78, 5) is 11.9. The molecule has 92 valence electrons. The number of carbonyl (C=O) groups excluding carboxylic acids is 1. The molecule has 0 aromatic heterocycles. The molecule has 1 aromatic rings. The number of hydrogen-bond donors (Lipinski definition) is 1. The monoisotopic (exact) mass is 301 g/mol. The van der Waals surface area contributed by atoms with Crippen molar-refractivity contribution in [2.45, 2.75) is 25.0 Å². The van der Waals surface area contributed by atoms with Gasteiger partial charge in [0.25, 0.3) is 5.91 Å². The number of halogens is 2. The first-order chi connectivity index (χ1) is 8.10. The van der Waals surface area contributed by atoms with E-state index in [4.69, 9.17) is 4.74 Å². The molecule has 1 fully saturated rings. The first kappa shape index (κ1) is 12.5. The van der Waals surface area contributed by atoms with Crippen molar-refractivity contribution in [3.63, 3.8) is 0 Å². The number of methoxy groups -OCH3 is 1. The van der Waals surface area contributed by atoms with Crippen LogP contribution in [0.1, 0.15) is 23.2 Å². The fourth-order valence-electron chi connectivity index (χ4n) is 1.81. The molecular weight excluding hydrogens is 289 g/mol. The van der Waals surface area contributed by atoms with Gasteiger partial charge in [-0.2, -0.15) is 0 Å². The zero-order chi connectivity index (χ0) is 12.4. The fourth-order valence-corrected chi connectivity index (χ4v) is 2.24. The summed E-state index contributed by atoms with van der Waals surface area (Å²) in [5.74, 6) is -0.669. The Morgan fingerprint density at radius 2 is 2.24 bits per heavy atom. The first-order valence-electron chi connectivity index (χ1n) is 5.39. The van der Waals surface area contributed by atoms with Crippen LogP contribution < -0.4 is 5.32 Å². The summed E-state index contributed by atoms with van der Waals surface area (Å²) >= 11 is 3.23. The fraction of sp³-hybridized carbons (Fsp3) is 0.417. The van der Waals surface area contributed by atoms with E-state index in [1.165, 1.54) is 18.2 Å². The highest BCUT2D eigenvalue weighted by Gasteiger charge is 2.30. The quantitative estimate of drug-likeness (QED) is 0.931. The molecule has 2 rings (SSSR count). The summed E-state index contributed by atoms with van der Waals surface area (Å²) in [7, 11) is 1.66. The Labute approximate surface area is 107 Å². The van der Waals surface area contributed by atoms with Gasteiger partial charge in [0.1, 0.15) is 5.82 Å². The van der Waals surface area contributed by atoms with Crippen molar-refractivity contribution in [3.05, 3.63) is 34.1 Å². The molecule has 0 saturated heterocycles. The Balaban J connectivity index is 1.98. The summed E-state index contributed by atoms with van der Waals surface area (Å²) in [5, 5.41) is 2.85. The highest BCUT2D eigenvalue weighted by atomic mass is 79.9. The number of amides is 1. The third kappa shape index (κ3) is 2.84. The SMILES string of the molecule is COC1CC(NC(=O)c2cc(F)ccc2Br)C1. The molecule has 0 radical (unpaired) electrons. The zero-order valence-electron chi connectivity index (χ0n) is 9.37. The van der Waals surface area contributed by atoms with Crippen LogP contribution >= 0.6 is 15.9 Å². The molecule has 1 aliphatic carbocycles. The summed E-state index contributed by atoms with van der Waals surface area (Å²) in [6.07, 6.45) is 1.86. The van der Waals surface area contributed by atoms with E-state index in [9.17, 15) is 9.18 Å². The number of ether oxygens (including phenoxy) is 1. The molecule has 5 heteroatoms. The molecule has 1 amide bonds. The van der Waals surface area contributed by atoms with Gasteiger partial charge in [0.2, 0.25) is 0 Å². The molecule has 1 aliphatic rings. The number of rotatable bonds is 3. The third-order valence-electron chi connectivity index (χ3n) is 2.94. The maximum absolute atomic E-state index is 13.0. The zero-order valence-corrected chi connectivity index (χ0v) is 11.0. The van der Waals surface area contributed by atoms with Gasteiger partial charge in [0, 0.05) is 17.6 Å². The van der Waals surface area contributed by atoms with Crippen molar-refractivity contribution in [2.24, 2.45) is 0 Å². The highest BCUT2D eigenvalue weighted by molar-refractivity contribution is 9.10. The predicted molar refractivity (Wildman–Crippen MR) is 65.4 cm³/mol. The highest BCUT2D eigenvalue weighted by Crippen LogP contribution is 2.24. The molecule has 1 aromatic carbocycles. The van der Waals surface area contributed by atoms with E-state index in [0.717, 1.165) is 12.8 Å². The maximum Gasteiger partial charge on any atom is 0.252 e. The molecule has 0 heterocycles. The molecule has 1 N–H and O–H groups in total. The number of carbonyl (C=O) groups is 1. The van der Waals surface area contributed by atoms with Crippen molar-refractivity contribution >= 4 is 21.8 Å². The largest absolute Gasteiger partial charge is 0.381 e. The van der Waals surface area contributed by atoms with E-state index in [0.29, 0.717) is 10.0 Å². The lowest BCUT2D eigenvalue weighted by Crippen LogP contribution is -2.47. The van der Waals surface area contributed by atoms with E-state index in [2.05, 4.69) is 21.2 Å². The van der Waals surface area contributed by atoms with E-state index in [1.54, 1.807) is 7.11 Å². The van der Waals surface area contributed by atoms with Crippen LogP contribution in [0.2, 0.25) is 0 Å². The number of hydrogen-bond acceptors (Lipinski definition) is 2. The van der Waals surface area contributed by atoms with Gasteiger partial charge in [-0.15, -0.1) is 0 Å². The maximum atomic E-state index is 13.0. The second kappa shape index (κ2) is 5.14. The van der Waals surface area contributed by atoms with E-state index < -0.39 is 5.82 Å². The third-order valence-corrected chi connectivity index (χ3v) is 3.63. The minimum absolute atomic E-state index is 0.127. The van der Waals surface area contributed by atoms with Gasteiger partial charge in [-0.25, -0.2) is 4.39 Å². The van der Waals surface area contributed by atoms with Gasteiger partial charge in [0.05, 0.1) is 11.7 Å². The lowest BCUT2D eigenvalue weighted by atomic mass is 9.89. The van der Waals surface area contributed by atoms with Crippen molar-refractivity contribution < 1.29 is 13.9 Å². The lowest BCUT2D eigenvalue weighted by Gasteiger charge is -2.34. The van der Waals surface area contributed by atoms with Gasteiger partial charge >= 0.3 is 0 Å². The van der Waals surface area contributed by atoms with Gasteiger partial charge in [-0.3, -0.25) is 4.79 Å². The smallest absolute Gasteiger partial charge is 0.252 e. The standard InChI is InChI=1S/C12H13BrFNO2/c1-17-9-5-8(6-9)15-12(16)10-4-7(14)2-3-11(10)13/h2-4,8-9H,5-6H2,1H3,(H,15,16). The van der Waals surface area contributed by atoms with Gasteiger partial charge in [0.15, 0.2) is 0 Å². The topological polar surface area (TPSA) is 38.3 Å². The number of nitrogens with one attached hydrogen (secondary N) is 1. The van der Waals surface area contributed by atoms with E-state index >= 15 is 0 Å². The summed E-state index contributed by atoms with van der Waals surface area (Å²) in [6, 6.07) is 4.20. The van der Waals surface area contributed by atoms with Crippen LogP contribution in [-0.2, 0) is 4.74 Å². The minimum Gasteiger partial charge on any atom is -0.381 e. The molecule has 0 bridgehead atoms. The Bertz CT molecular complexity index is 433. The Hall–Kier alpha value is -0.940. The molecular formula is C12H13BrFNO2. The lowest BCUT2D eigenvalue weighted by molar-refractivity contribution is 0.0176. The minimum atomic E-state index is -0.415. The Kier molecular flexibility index (Phi) is 3.79. The van der Waals surface area contributed by atoms with Crippen molar-refractivity contribution in [3.8, 4) is 0 Å². The molecule has 17 heavy (non-hydrogen) atoms. The Morgan fingerprint density at radius 1 is 1.53 bits per heavy atom. The second-order valence-corrected chi connectivity index (χ2v) is 4.98. The molecule has 0 unspecified atom stereocenters. The van der Waals surface area contributed by atoms with Crippen molar-refractivity contribution in [2.75, 3.05) is 7.11 Å². The van der Waals surface area contributed by atoms with Gasteiger partial charge < -0.3 is 10.1 Å². The van der Waals surface area contributed by atoms with E-state index in [1.807, 2.05) is 0 Å². The van der Waals surface area contributed by atoms with Crippen LogP contribution in [0.25, 0.3) is 0 Å². The molecule has 0 spiro atoms. The average molecular weight is 302 g/mol. The predicted octanol–water partition coefficient (Wildman–Crippen LogP) is 2.50. The Morgan fingerprint density at radius 3 is 2.88 bits per heavy atom. The molecule has 3 nitrogen and oxygen atoms in total. The van der Waals surface area contributed by atoms with Crippen LogP contribution in [0.5, 0.6) is 0 Å². The van der Waals surface area contributed by atoms with Crippen molar-refractivity contribution in [1.29, 1.82) is 0 Å². The average Bonchev–Trinajstić information content (AvgIpc) is 2.25. The van der Waals surface area contributed by atoms with E-state index in [-0.39, 0.29) is 18.1 Å². The van der Waals surface area contributed by atoms with Crippen LogP contribution in [0.15, 0.2) is 22.7 Å². The van der Waals surface area contributed by atoms with Crippen LogP contribution in [0.4, 0.5) is 4.39 Å². The van der Waals surface area contributed by atoms with Gasteiger partial charge in [-0.05, 0) is 47.0 Å². The van der Waals surface area contributed by atoms with Crippen LogP contribution in [0.3, 0.4) is 0 Å². The number of benzene rings is 1. The second-order valence-electron chi connectivity index (χ2n) is 4.12. The molecule has 1 saturated carbocycles. The van der Waals surface area contributed by atoms with Crippen LogP contribution in [0, 0.1) is 5.82 Å². The summed E-state index contributed by atoms with van der Waals surface area (Å²) in [6.45, 7) is 0. The summed E-state index contributed by atoms with van der Waals surface area (Å²) < 4.78 is 18.8. The molecule has 0 aliphatic heterocycles. The first-order valence-corrected chi connectivity index (χ1v) is 6.18. The van der Waals surface area contributed by atoms with Crippen molar-refractivity contribution in [1.82, 2.24) is 5.32 Å². The normalized spacial score (nSPS) is 23.0. The summed E-state index contributed by atoms with van der Waals surface area (Å²) in [5.41, 5.74) is 0.325. The van der Waals surface area contributed by atoms with Gasteiger partial charge in [-0.1, -0.05) is 0 Å².